The molecule has 1 heterocycles. The van der Waals surface area contributed by atoms with Gasteiger partial charge in [0, 0.05) is 0 Å². The minimum absolute atomic E-state index is 0.0491. The molecule has 60 valence electrons. The molecule has 4 heteroatoms. The fourth-order valence-electron chi connectivity index (χ4n) is 1.05. The van der Waals surface area contributed by atoms with Crippen LogP contribution in [0.3, 0.4) is 0 Å². The molecule has 0 atom stereocenters. The largest absolute Gasteiger partial charge is 0.454 e. The maximum Gasteiger partial charge on any atom is 0.231 e. The van der Waals surface area contributed by atoms with Crippen molar-refractivity contribution in [2.24, 2.45) is 0 Å². The average Bonchev–Trinajstić information content (AvgIpc) is 2.52. The summed E-state index contributed by atoms with van der Waals surface area (Å²) < 4.78 is 22.8. The zero-order chi connectivity index (χ0) is 8.55. The SMILES string of the molecule is N#Cc1c(F)ccc2c1OCO2. The minimum Gasteiger partial charge on any atom is -0.454 e. The molecule has 1 aliphatic rings. The number of rotatable bonds is 0. The molecule has 1 aromatic carbocycles. The monoisotopic (exact) mass is 165 g/mol. The van der Waals surface area contributed by atoms with Gasteiger partial charge in [-0.3, -0.25) is 0 Å². The fourth-order valence-corrected chi connectivity index (χ4v) is 1.05. The van der Waals surface area contributed by atoms with Crippen molar-refractivity contribution in [3.63, 3.8) is 0 Å². The quantitative estimate of drug-likeness (QED) is 0.583. The Balaban J connectivity index is 2.67. The summed E-state index contributed by atoms with van der Waals surface area (Å²) in [6.45, 7) is 0.0491. The van der Waals surface area contributed by atoms with E-state index in [-0.39, 0.29) is 18.1 Å². The Kier molecular flexibility index (Phi) is 1.37. The molecule has 12 heavy (non-hydrogen) atoms. The lowest BCUT2D eigenvalue weighted by atomic mass is 10.2. The molecule has 0 N–H and O–H groups in total. The number of hydrogen-bond acceptors (Lipinski definition) is 3. The van der Waals surface area contributed by atoms with Crippen LogP contribution in [-0.2, 0) is 0 Å². The average molecular weight is 165 g/mol. The number of ether oxygens (including phenoxy) is 2. The van der Waals surface area contributed by atoms with Crippen LogP contribution in [0.15, 0.2) is 12.1 Å². The molecule has 0 amide bonds. The molecule has 3 nitrogen and oxygen atoms in total. The third kappa shape index (κ3) is 0.800. The summed E-state index contributed by atoms with van der Waals surface area (Å²) >= 11 is 0. The summed E-state index contributed by atoms with van der Waals surface area (Å²) in [6.07, 6.45) is 0. The first-order valence-electron chi connectivity index (χ1n) is 3.31. The molecule has 0 aromatic heterocycles. The summed E-state index contributed by atoms with van der Waals surface area (Å²) in [5, 5.41) is 8.56. The van der Waals surface area contributed by atoms with E-state index in [0.717, 1.165) is 0 Å². The van der Waals surface area contributed by atoms with Crippen molar-refractivity contribution in [2.75, 3.05) is 6.79 Å². The highest BCUT2D eigenvalue weighted by atomic mass is 19.1. The van der Waals surface area contributed by atoms with Crippen LogP contribution in [0.1, 0.15) is 5.56 Å². The molecule has 1 aromatic rings. The van der Waals surface area contributed by atoms with Crippen molar-refractivity contribution in [1.82, 2.24) is 0 Å². The number of hydrogen-bond donors (Lipinski definition) is 0. The van der Waals surface area contributed by atoms with Crippen molar-refractivity contribution in [2.45, 2.75) is 0 Å². The Hall–Kier alpha value is -1.76. The van der Waals surface area contributed by atoms with Gasteiger partial charge in [0.05, 0.1) is 0 Å². The Morgan fingerprint density at radius 3 is 3.00 bits per heavy atom. The topological polar surface area (TPSA) is 42.2 Å². The molecule has 2 rings (SSSR count). The maximum atomic E-state index is 12.9. The zero-order valence-electron chi connectivity index (χ0n) is 6.00. The number of nitriles is 1. The lowest BCUT2D eigenvalue weighted by Gasteiger charge is -1.97. The van der Waals surface area contributed by atoms with Crippen LogP contribution in [0.25, 0.3) is 0 Å². The zero-order valence-corrected chi connectivity index (χ0v) is 6.00. The molecule has 0 fully saturated rings. The fraction of sp³-hybridized carbons (Fsp3) is 0.125. The molecule has 0 spiro atoms. The molecule has 0 saturated heterocycles. The molecule has 0 aliphatic carbocycles. The van der Waals surface area contributed by atoms with E-state index in [1.807, 2.05) is 0 Å². The van der Waals surface area contributed by atoms with Gasteiger partial charge in [0.15, 0.2) is 11.5 Å². The third-order valence-electron chi connectivity index (χ3n) is 1.60. The highest BCUT2D eigenvalue weighted by molar-refractivity contribution is 5.54. The van der Waals surface area contributed by atoms with Crippen LogP contribution in [0.2, 0.25) is 0 Å². The predicted molar refractivity (Wildman–Crippen MR) is 37.2 cm³/mol. The van der Waals surface area contributed by atoms with Crippen LogP contribution in [0.4, 0.5) is 4.39 Å². The molecule has 0 saturated carbocycles. The number of benzene rings is 1. The summed E-state index contributed by atoms with van der Waals surface area (Å²) in [6, 6.07) is 4.35. The molecular formula is C8H4FNO2. The minimum atomic E-state index is -0.582. The standard InChI is InChI=1S/C8H4FNO2/c9-6-1-2-7-8(5(6)3-10)12-4-11-7/h1-2H,4H2. The first kappa shape index (κ1) is 6.92. The van der Waals surface area contributed by atoms with Crippen molar-refractivity contribution >= 4 is 0 Å². The normalized spacial score (nSPS) is 12.7. The van der Waals surface area contributed by atoms with Crippen molar-refractivity contribution in [3.05, 3.63) is 23.5 Å². The van der Waals surface area contributed by atoms with E-state index in [4.69, 9.17) is 14.7 Å². The van der Waals surface area contributed by atoms with Gasteiger partial charge in [-0.25, -0.2) is 4.39 Å². The van der Waals surface area contributed by atoms with Crippen molar-refractivity contribution in [1.29, 1.82) is 5.26 Å². The molecule has 0 radical (unpaired) electrons. The second-order valence-corrected chi connectivity index (χ2v) is 2.27. The summed E-state index contributed by atoms with van der Waals surface area (Å²) in [7, 11) is 0. The Bertz CT molecular complexity index is 370. The highest BCUT2D eigenvalue weighted by Gasteiger charge is 2.20. The van der Waals surface area contributed by atoms with E-state index in [1.54, 1.807) is 6.07 Å². The summed E-state index contributed by atoms with van der Waals surface area (Å²) in [5.41, 5.74) is -0.0926. The van der Waals surface area contributed by atoms with Crippen LogP contribution in [0, 0.1) is 17.1 Å². The molecule has 0 bridgehead atoms. The third-order valence-corrected chi connectivity index (χ3v) is 1.60. The smallest absolute Gasteiger partial charge is 0.231 e. The van der Waals surface area contributed by atoms with Gasteiger partial charge in [-0.1, -0.05) is 0 Å². The van der Waals surface area contributed by atoms with Gasteiger partial charge in [0.2, 0.25) is 6.79 Å². The van der Waals surface area contributed by atoms with E-state index >= 15 is 0 Å². The van der Waals surface area contributed by atoms with E-state index in [9.17, 15) is 4.39 Å². The van der Waals surface area contributed by atoms with Crippen LogP contribution in [-0.4, -0.2) is 6.79 Å². The van der Waals surface area contributed by atoms with E-state index in [1.165, 1.54) is 12.1 Å². The number of fused-ring (bicyclic) bond motifs is 1. The Morgan fingerprint density at radius 2 is 2.25 bits per heavy atom. The van der Waals surface area contributed by atoms with Gasteiger partial charge in [0.1, 0.15) is 17.4 Å². The summed E-state index contributed by atoms with van der Waals surface area (Å²) in [4.78, 5) is 0. The predicted octanol–water partition coefficient (Wildman–Crippen LogP) is 1.43. The first-order valence-corrected chi connectivity index (χ1v) is 3.31. The number of halogens is 1. The van der Waals surface area contributed by atoms with Gasteiger partial charge in [-0.15, -0.1) is 0 Å². The Morgan fingerprint density at radius 1 is 1.42 bits per heavy atom. The summed E-state index contributed by atoms with van der Waals surface area (Å²) in [5.74, 6) is 0.0483. The highest BCUT2D eigenvalue weighted by Crippen LogP contribution is 2.36. The number of nitrogens with zero attached hydrogens (tertiary/aromatic N) is 1. The van der Waals surface area contributed by atoms with Gasteiger partial charge in [-0.2, -0.15) is 5.26 Å². The van der Waals surface area contributed by atoms with E-state index in [0.29, 0.717) is 5.75 Å². The van der Waals surface area contributed by atoms with Crippen LogP contribution < -0.4 is 9.47 Å². The van der Waals surface area contributed by atoms with Gasteiger partial charge >= 0.3 is 0 Å². The first-order chi connectivity index (χ1) is 5.83. The second-order valence-electron chi connectivity index (χ2n) is 2.27. The molecular weight excluding hydrogens is 161 g/mol. The van der Waals surface area contributed by atoms with Crippen LogP contribution >= 0.6 is 0 Å². The lowest BCUT2D eigenvalue weighted by molar-refractivity contribution is 0.173. The van der Waals surface area contributed by atoms with Crippen LogP contribution in [0.5, 0.6) is 11.5 Å². The van der Waals surface area contributed by atoms with Gasteiger partial charge in [0.25, 0.3) is 0 Å². The van der Waals surface area contributed by atoms with E-state index < -0.39 is 5.82 Å². The lowest BCUT2D eigenvalue weighted by Crippen LogP contribution is -1.94. The van der Waals surface area contributed by atoms with Crippen molar-refractivity contribution < 1.29 is 13.9 Å². The Labute approximate surface area is 67.9 Å². The molecule has 1 aliphatic heterocycles. The molecule has 0 unspecified atom stereocenters. The van der Waals surface area contributed by atoms with Crippen molar-refractivity contribution in [3.8, 4) is 17.6 Å². The second kappa shape index (κ2) is 2.38. The maximum absolute atomic E-state index is 12.9. The van der Waals surface area contributed by atoms with Gasteiger partial charge in [-0.05, 0) is 12.1 Å². The van der Waals surface area contributed by atoms with Gasteiger partial charge < -0.3 is 9.47 Å². The van der Waals surface area contributed by atoms with E-state index in [2.05, 4.69) is 0 Å².